The molecule has 0 saturated carbocycles. The van der Waals surface area contributed by atoms with E-state index in [1.165, 1.54) is 6.07 Å². The number of pyridine rings is 1. The zero-order chi connectivity index (χ0) is 21.3. The smallest absolute Gasteiger partial charge is 0.289 e. The molecule has 7 nitrogen and oxygen atoms in total. The highest BCUT2D eigenvalue weighted by molar-refractivity contribution is 14.1. The predicted octanol–water partition coefficient (Wildman–Crippen LogP) is 4.59. The van der Waals surface area contributed by atoms with Crippen LogP contribution >= 0.6 is 22.6 Å². The summed E-state index contributed by atoms with van der Waals surface area (Å²) in [5.41, 5.74) is 1.10. The van der Waals surface area contributed by atoms with Crippen LogP contribution in [0.1, 0.15) is 30.8 Å². The van der Waals surface area contributed by atoms with Crippen molar-refractivity contribution < 1.29 is 23.1 Å². The molecule has 30 heavy (non-hydrogen) atoms. The number of hydrogen-bond acceptors (Lipinski definition) is 6. The average molecular weight is 525 g/mol. The highest BCUT2D eigenvalue weighted by atomic mass is 127. The summed E-state index contributed by atoms with van der Waals surface area (Å²) in [7, 11) is 0. The Balaban J connectivity index is 1.53. The van der Waals surface area contributed by atoms with E-state index in [-0.39, 0.29) is 17.6 Å². The summed E-state index contributed by atoms with van der Waals surface area (Å²) in [6, 6.07) is 6.46. The molecule has 0 unspecified atom stereocenters. The molecule has 0 spiro atoms. The number of halogens is 2. The highest BCUT2D eigenvalue weighted by Gasteiger charge is 2.32. The molecule has 2 N–H and O–H groups in total. The second kappa shape index (κ2) is 8.48. The molecule has 1 amide bonds. The standard InChI is InChI=1S/C21H21FIN3O4/c1-21(2)28-11-13(30-21)5-8-25-20(27)19-18(14-10-24-7-6-17(14)29-19)26-16-4-3-12(23)9-15(16)22/h3-4,6-7,9-10,13,26H,5,8,11H2,1-2H3,(H,25,27)/t13-/m0/s1. The SMILES string of the molecule is CC1(C)OC[C@H](CCNC(=O)c2oc3ccncc3c2Nc2ccc(I)cc2F)O1. The number of aromatic nitrogens is 1. The Morgan fingerprint density at radius 3 is 2.93 bits per heavy atom. The summed E-state index contributed by atoms with van der Waals surface area (Å²) in [5.74, 6) is -1.36. The van der Waals surface area contributed by atoms with Gasteiger partial charge >= 0.3 is 0 Å². The van der Waals surface area contributed by atoms with Crippen LogP contribution in [0, 0.1) is 9.39 Å². The molecule has 0 radical (unpaired) electrons. The fraction of sp³-hybridized carbons (Fsp3) is 0.333. The van der Waals surface area contributed by atoms with Gasteiger partial charge in [-0.05, 0) is 67.1 Å². The Kier molecular flexibility index (Phi) is 5.94. The number of hydrogen-bond donors (Lipinski definition) is 2. The molecule has 1 aliphatic rings. The lowest BCUT2D eigenvalue weighted by Gasteiger charge is -2.17. The Bertz CT molecular complexity index is 1090. The first-order valence-corrected chi connectivity index (χ1v) is 10.6. The first kappa shape index (κ1) is 21.0. The largest absolute Gasteiger partial charge is 0.448 e. The molecule has 1 atom stereocenters. The third-order valence-electron chi connectivity index (χ3n) is 4.71. The van der Waals surface area contributed by atoms with Gasteiger partial charge in [-0.15, -0.1) is 0 Å². The van der Waals surface area contributed by atoms with Crippen molar-refractivity contribution in [3.05, 3.63) is 51.8 Å². The minimum absolute atomic E-state index is 0.0693. The van der Waals surface area contributed by atoms with Crippen LogP contribution in [0.2, 0.25) is 0 Å². The zero-order valence-electron chi connectivity index (χ0n) is 16.5. The highest BCUT2D eigenvalue weighted by Crippen LogP contribution is 2.34. The number of anilines is 2. The van der Waals surface area contributed by atoms with E-state index in [0.29, 0.717) is 36.2 Å². The fourth-order valence-corrected chi connectivity index (χ4v) is 3.74. The van der Waals surface area contributed by atoms with Crippen LogP contribution < -0.4 is 10.6 Å². The summed E-state index contributed by atoms with van der Waals surface area (Å²) in [4.78, 5) is 16.9. The van der Waals surface area contributed by atoms with Gasteiger partial charge in [0, 0.05) is 22.5 Å². The van der Waals surface area contributed by atoms with Crippen LogP contribution in [0.25, 0.3) is 11.0 Å². The van der Waals surface area contributed by atoms with Gasteiger partial charge < -0.3 is 24.5 Å². The van der Waals surface area contributed by atoms with E-state index in [1.807, 2.05) is 36.4 Å². The fourth-order valence-electron chi connectivity index (χ4n) is 3.28. The molecule has 1 aliphatic heterocycles. The maximum Gasteiger partial charge on any atom is 0.289 e. The van der Waals surface area contributed by atoms with Crippen molar-refractivity contribution in [2.45, 2.75) is 32.2 Å². The van der Waals surface area contributed by atoms with Gasteiger partial charge in [0.15, 0.2) is 5.79 Å². The van der Waals surface area contributed by atoms with Gasteiger partial charge in [-0.3, -0.25) is 9.78 Å². The molecule has 2 aromatic heterocycles. The first-order valence-electron chi connectivity index (χ1n) is 9.51. The van der Waals surface area contributed by atoms with Crippen LogP contribution in [0.5, 0.6) is 0 Å². The molecule has 4 rings (SSSR count). The third-order valence-corrected chi connectivity index (χ3v) is 5.38. The summed E-state index contributed by atoms with van der Waals surface area (Å²) < 4.78 is 32.2. The molecule has 0 bridgehead atoms. The van der Waals surface area contributed by atoms with Gasteiger partial charge in [-0.25, -0.2) is 4.39 Å². The van der Waals surface area contributed by atoms with Gasteiger partial charge in [0.2, 0.25) is 5.76 Å². The van der Waals surface area contributed by atoms with Crippen LogP contribution in [-0.4, -0.2) is 35.9 Å². The van der Waals surface area contributed by atoms with Crippen molar-refractivity contribution >= 4 is 50.8 Å². The molecule has 3 heterocycles. The third kappa shape index (κ3) is 4.57. The Labute approximate surface area is 186 Å². The Morgan fingerprint density at radius 2 is 2.20 bits per heavy atom. The Morgan fingerprint density at radius 1 is 1.37 bits per heavy atom. The maximum atomic E-state index is 14.4. The number of rotatable bonds is 6. The zero-order valence-corrected chi connectivity index (χ0v) is 18.7. The summed E-state index contributed by atoms with van der Waals surface area (Å²) in [6.07, 6.45) is 3.67. The molecule has 158 valence electrons. The maximum absolute atomic E-state index is 14.4. The first-order chi connectivity index (χ1) is 14.3. The minimum Gasteiger partial charge on any atom is -0.448 e. The second-order valence-corrected chi connectivity index (χ2v) is 8.67. The summed E-state index contributed by atoms with van der Waals surface area (Å²) in [6.45, 7) is 4.58. The normalized spacial score (nSPS) is 17.9. The van der Waals surface area contributed by atoms with E-state index in [1.54, 1.807) is 30.6 Å². The van der Waals surface area contributed by atoms with Crippen molar-refractivity contribution in [2.75, 3.05) is 18.5 Å². The van der Waals surface area contributed by atoms with Crippen molar-refractivity contribution in [1.82, 2.24) is 10.3 Å². The lowest BCUT2D eigenvalue weighted by Crippen LogP contribution is -2.29. The molecule has 1 fully saturated rings. The molecule has 3 aromatic rings. The van der Waals surface area contributed by atoms with Crippen molar-refractivity contribution in [3.63, 3.8) is 0 Å². The topological polar surface area (TPSA) is 85.6 Å². The van der Waals surface area contributed by atoms with Crippen LogP contribution in [-0.2, 0) is 9.47 Å². The van der Waals surface area contributed by atoms with Crippen molar-refractivity contribution in [2.24, 2.45) is 0 Å². The van der Waals surface area contributed by atoms with Crippen LogP contribution in [0.15, 0.2) is 41.1 Å². The predicted molar refractivity (Wildman–Crippen MR) is 118 cm³/mol. The van der Waals surface area contributed by atoms with Gasteiger partial charge in [-0.1, -0.05) is 0 Å². The number of fused-ring (bicyclic) bond motifs is 1. The summed E-state index contributed by atoms with van der Waals surface area (Å²) in [5, 5.41) is 6.43. The van der Waals surface area contributed by atoms with Gasteiger partial charge in [0.05, 0.1) is 23.8 Å². The quantitative estimate of drug-likeness (QED) is 0.459. The van der Waals surface area contributed by atoms with Crippen LogP contribution in [0.3, 0.4) is 0 Å². The monoisotopic (exact) mass is 525 g/mol. The molecule has 0 aliphatic carbocycles. The number of carbonyl (C=O) groups excluding carboxylic acids is 1. The number of nitrogens with zero attached hydrogens (tertiary/aromatic N) is 1. The molecule has 1 aromatic carbocycles. The second-order valence-electron chi connectivity index (χ2n) is 7.42. The number of amides is 1. The van der Waals surface area contributed by atoms with E-state index in [2.05, 4.69) is 15.6 Å². The minimum atomic E-state index is -0.602. The van der Waals surface area contributed by atoms with Gasteiger partial charge in [0.1, 0.15) is 17.1 Å². The summed E-state index contributed by atoms with van der Waals surface area (Å²) >= 11 is 2.04. The number of furan rings is 1. The van der Waals surface area contributed by atoms with Crippen LogP contribution in [0.4, 0.5) is 15.8 Å². The molecule has 9 heteroatoms. The molecule has 1 saturated heterocycles. The lowest BCUT2D eigenvalue weighted by molar-refractivity contribution is -0.138. The number of carbonyl (C=O) groups is 1. The molecular formula is C21H21FIN3O4. The number of ether oxygens (including phenoxy) is 2. The number of benzene rings is 1. The average Bonchev–Trinajstić information content (AvgIpc) is 3.24. The van der Waals surface area contributed by atoms with Gasteiger partial charge in [0.25, 0.3) is 5.91 Å². The van der Waals surface area contributed by atoms with E-state index in [9.17, 15) is 9.18 Å². The van der Waals surface area contributed by atoms with Crippen molar-refractivity contribution in [1.29, 1.82) is 0 Å². The van der Waals surface area contributed by atoms with E-state index >= 15 is 0 Å². The lowest BCUT2D eigenvalue weighted by atomic mass is 10.2. The Hall–Kier alpha value is -2.24. The number of nitrogens with one attached hydrogen (secondary N) is 2. The van der Waals surface area contributed by atoms with Gasteiger partial charge in [-0.2, -0.15) is 0 Å². The molecular weight excluding hydrogens is 504 g/mol. The van der Waals surface area contributed by atoms with E-state index in [4.69, 9.17) is 13.9 Å². The van der Waals surface area contributed by atoms with E-state index in [0.717, 1.165) is 3.57 Å². The van der Waals surface area contributed by atoms with Crippen molar-refractivity contribution in [3.8, 4) is 0 Å². The van der Waals surface area contributed by atoms with E-state index < -0.39 is 17.5 Å².